The molecule has 1 saturated carbocycles. The van der Waals surface area contributed by atoms with Gasteiger partial charge in [-0.2, -0.15) is 4.98 Å². The van der Waals surface area contributed by atoms with Gasteiger partial charge in [0.15, 0.2) is 5.82 Å². The lowest BCUT2D eigenvalue weighted by Crippen LogP contribution is -2.41. The van der Waals surface area contributed by atoms with Crippen molar-refractivity contribution in [3.63, 3.8) is 0 Å². The molecule has 0 spiro atoms. The minimum atomic E-state index is -1.41. The molecule has 2 aromatic heterocycles. The quantitative estimate of drug-likeness (QED) is 0.175. The first-order valence-electron chi connectivity index (χ1n) is 15.9. The molecule has 0 saturated heterocycles. The lowest BCUT2D eigenvalue weighted by Gasteiger charge is -2.31. The Morgan fingerprint density at radius 2 is 1.93 bits per heavy atom. The van der Waals surface area contributed by atoms with Gasteiger partial charge in [0.05, 0.1) is 0 Å². The van der Waals surface area contributed by atoms with E-state index in [-0.39, 0.29) is 30.2 Å². The summed E-state index contributed by atoms with van der Waals surface area (Å²) in [5.41, 5.74) is 4.93. The first-order chi connectivity index (χ1) is 21.7. The maximum atomic E-state index is 15.0. The first kappa shape index (κ1) is 33.2. The number of hydrogen-bond acceptors (Lipinski definition) is 10. The SMILES string of the molecule is CC(C)NN(c1ccc(F)c(C(C)(O)C2CC2)n1)c1nc(Nc2ccc3c(c2)CN(C(=O)OC(C)(C)C)CC3)ncc1CCC=O. The summed E-state index contributed by atoms with van der Waals surface area (Å²) in [6.07, 6.45) is 5.14. The second-order valence-corrected chi connectivity index (χ2v) is 13.5. The van der Waals surface area contributed by atoms with Crippen LogP contribution in [0.15, 0.2) is 36.5 Å². The number of aromatic nitrogens is 3. The number of nitrogens with one attached hydrogen (secondary N) is 2. The Hall–Kier alpha value is -4.16. The van der Waals surface area contributed by atoms with Gasteiger partial charge in [-0.15, -0.1) is 0 Å². The minimum Gasteiger partial charge on any atom is -0.444 e. The molecule has 12 heteroatoms. The molecule has 0 bridgehead atoms. The number of carbonyl (C=O) groups excluding carboxylic acids is 2. The molecule has 1 aromatic carbocycles. The lowest BCUT2D eigenvalue weighted by molar-refractivity contribution is -0.107. The predicted molar refractivity (Wildman–Crippen MR) is 173 cm³/mol. The third-order valence-electron chi connectivity index (χ3n) is 8.01. The average molecular weight is 634 g/mol. The molecule has 11 nitrogen and oxygen atoms in total. The lowest BCUT2D eigenvalue weighted by atomic mass is 9.95. The van der Waals surface area contributed by atoms with Crippen LogP contribution in [-0.4, -0.2) is 55.5 Å². The third-order valence-corrected chi connectivity index (χ3v) is 8.01. The van der Waals surface area contributed by atoms with Gasteiger partial charge in [0.1, 0.15) is 34.8 Å². The minimum absolute atomic E-state index is 0.0145. The summed E-state index contributed by atoms with van der Waals surface area (Å²) in [6.45, 7) is 12.1. The zero-order chi connectivity index (χ0) is 33.2. The summed E-state index contributed by atoms with van der Waals surface area (Å²) in [4.78, 5) is 39.8. The second-order valence-electron chi connectivity index (χ2n) is 13.5. The highest BCUT2D eigenvalue weighted by atomic mass is 19.1. The topological polar surface area (TPSA) is 133 Å². The number of amides is 1. The molecule has 1 aliphatic carbocycles. The molecule has 246 valence electrons. The highest BCUT2D eigenvalue weighted by Gasteiger charge is 2.44. The number of hydrazine groups is 1. The van der Waals surface area contributed by atoms with Crippen LogP contribution in [0.25, 0.3) is 0 Å². The van der Waals surface area contributed by atoms with Gasteiger partial charge < -0.3 is 24.9 Å². The standard InChI is InChI=1S/C34H44FN7O4/c1-21(2)40-42(28-14-13-27(35)29(38-28)34(6,45)25-10-11-25)30-23(8-7-17-43)19-36-31(39-30)37-26-12-9-22-15-16-41(20-24(22)18-26)32(44)46-33(3,4)5/h9,12-14,17-19,21,25,40,45H,7-8,10-11,15-16,20H2,1-6H3,(H,36,37,39). The smallest absolute Gasteiger partial charge is 0.410 e. The van der Waals surface area contributed by atoms with Gasteiger partial charge in [-0.25, -0.2) is 29.6 Å². The molecule has 5 rings (SSSR count). The van der Waals surface area contributed by atoms with E-state index in [4.69, 9.17) is 9.72 Å². The van der Waals surface area contributed by atoms with Crippen molar-refractivity contribution < 1.29 is 23.8 Å². The van der Waals surface area contributed by atoms with Gasteiger partial charge in [0.2, 0.25) is 5.95 Å². The largest absolute Gasteiger partial charge is 0.444 e. The average Bonchev–Trinajstić information content (AvgIpc) is 3.85. The summed E-state index contributed by atoms with van der Waals surface area (Å²) < 4.78 is 20.6. The van der Waals surface area contributed by atoms with E-state index < -0.39 is 17.0 Å². The van der Waals surface area contributed by atoms with Crippen molar-refractivity contribution in [2.75, 3.05) is 16.9 Å². The Balaban J connectivity index is 1.47. The van der Waals surface area contributed by atoms with Gasteiger partial charge in [0.25, 0.3) is 0 Å². The molecule has 1 fully saturated rings. The van der Waals surface area contributed by atoms with Crippen molar-refractivity contribution in [1.29, 1.82) is 0 Å². The van der Waals surface area contributed by atoms with Crippen LogP contribution < -0.4 is 15.8 Å². The molecule has 0 radical (unpaired) electrons. The number of anilines is 4. The van der Waals surface area contributed by atoms with Gasteiger partial charge >= 0.3 is 6.09 Å². The van der Waals surface area contributed by atoms with E-state index in [0.29, 0.717) is 42.7 Å². The van der Waals surface area contributed by atoms with Gasteiger partial charge in [-0.05, 0) is 109 Å². The number of nitrogens with zero attached hydrogens (tertiary/aromatic N) is 5. The molecular weight excluding hydrogens is 589 g/mol. The Labute approximate surface area is 269 Å². The number of fused-ring (bicyclic) bond motifs is 1. The number of ether oxygens (including phenoxy) is 1. The summed E-state index contributed by atoms with van der Waals surface area (Å²) in [5.74, 6) is 0.459. The molecule has 3 N–H and O–H groups in total. The normalized spacial score (nSPS) is 16.1. The Morgan fingerprint density at radius 3 is 2.61 bits per heavy atom. The summed E-state index contributed by atoms with van der Waals surface area (Å²) in [5, 5.41) is 16.1. The van der Waals surface area contributed by atoms with Crippen LogP contribution in [0.2, 0.25) is 0 Å². The number of rotatable bonds is 11. The van der Waals surface area contributed by atoms with Crippen molar-refractivity contribution in [2.24, 2.45) is 5.92 Å². The van der Waals surface area contributed by atoms with Gasteiger partial charge in [-0.3, -0.25) is 0 Å². The zero-order valence-electron chi connectivity index (χ0n) is 27.4. The van der Waals surface area contributed by atoms with E-state index in [9.17, 15) is 14.7 Å². The third kappa shape index (κ3) is 7.79. The fourth-order valence-electron chi connectivity index (χ4n) is 5.53. The molecule has 1 amide bonds. The molecule has 3 heterocycles. The van der Waals surface area contributed by atoms with Crippen LogP contribution >= 0.6 is 0 Å². The fraction of sp³-hybridized carbons (Fsp3) is 0.500. The van der Waals surface area contributed by atoms with Crippen molar-refractivity contribution in [2.45, 2.75) is 97.4 Å². The maximum Gasteiger partial charge on any atom is 0.410 e. The second kappa shape index (κ2) is 13.3. The molecule has 3 aromatic rings. The first-order valence-corrected chi connectivity index (χ1v) is 15.9. The zero-order valence-corrected chi connectivity index (χ0v) is 27.4. The van der Waals surface area contributed by atoms with E-state index in [1.807, 2.05) is 52.8 Å². The molecule has 1 unspecified atom stereocenters. The number of benzene rings is 1. The predicted octanol–water partition coefficient (Wildman–Crippen LogP) is 5.85. The summed E-state index contributed by atoms with van der Waals surface area (Å²) in [6, 6.07) is 8.73. The molecule has 1 aliphatic heterocycles. The molecule has 2 aliphatic rings. The number of aldehydes is 1. The van der Waals surface area contributed by atoms with Crippen LogP contribution in [-0.2, 0) is 34.5 Å². The van der Waals surface area contributed by atoms with Crippen LogP contribution in [0.4, 0.5) is 32.5 Å². The highest BCUT2D eigenvalue weighted by Crippen LogP contribution is 2.46. The van der Waals surface area contributed by atoms with Crippen LogP contribution in [0.3, 0.4) is 0 Å². The van der Waals surface area contributed by atoms with Gasteiger partial charge in [-0.1, -0.05) is 6.07 Å². The van der Waals surface area contributed by atoms with E-state index in [0.717, 1.165) is 42.4 Å². The molecule has 1 atom stereocenters. The Kier molecular flexibility index (Phi) is 9.59. The number of aryl methyl sites for hydroxylation is 1. The van der Waals surface area contributed by atoms with E-state index >= 15 is 4.39 Å². The van der Waals surface area contributed by atoms with Crippen molar-refractivity contribution in [1.82, 2.24) is 25.3 Å². The number of carbonyl (C=O) groups is 2. The number of halogens is 1. The molecular formula is C34H44FN7O4. The number of hydrogen-bond donors (Lipinski definition) is 3. The van der Waals surface area contributed by atoms with Crippen LogP contribution in [0.1, 0.15) is 83.2 Å². The summed E-state index contributed by atoms with van der Waals surface area (Å²) >= 11 is 0. The fourth-order valence-corrected chi connectivity index (χ4v) is 5.53. The maximum absolute atomic E-state index is 15.0. The van der Waals surface area contributed by atoms with Crippen molar-refractivity contribution in [3.05, 3.63) is 64.7 Å². The monoisotopic (exact) mass is 633 g/mol. The van der Waals surface area contributed by atoms with E-state index in [1.54, 1.807) is 23.0 Å². The van der Waals surface area contributed by atoms with E-state index in [2.05, 4.69) is 20.7 Å². The van der Waals surface area contributed by atoms with Crippen LogP contribution in [0.5, 0.6) is 0 Å². The van der Waals surface area contributed by atoms with Crippen LogP contribution in [0, 0.1) is 11.7 Å². The van der Waals surface area contributed by atoms with E-state index in [1.165, 1.54) is 12.1 Å². The van der Waals surface area contributed by atoms with Gasteiger partial charge in [0, 0.05) is 43.0 Å². The van der Waals surface area contributed by atoms with Crippen molar-refractivity contribution in [3.8, 4) is 0 Å². The number of pyridine rings is 1. The summed E-state index contributed by atoms with van der Waals surface area (Å²) in [7, 11) is 0. The number of aliphatic hydroxyl groups is 1. The Bertz CT molecular complexity index is 1590. The highest BCUT2D eigenvalue weighted by molar-refractivity contribution is 5.69. The molecule has 46 heavy (non-hydrogen) atoms. The van der Waals surface area contributed by atoms with Crippen molar-refractivity contribution >= 4 is 35.7 Å². The Morgan fingerprint density at radius 1 is 1.17 bits per heavy atom.